The number of carbonyl (C=O) groups is 1. The number of rotatable bonds is 7. The summed E-state index contributed by atoms with van der Waals surface area (Å²) in [4.78, 5) is 11.3. The van der Waals surface area contributed by atoms with Crippen LogP contribution in [0.2, 0.25) is 0 Å². The van der Waals surface area contributed by atoms with E-state index in [4.69, 9.17) is 0 Å². The number of nitrogens with one attached hydrogen (secondary N) is 2. The van der Waals surface area contributed by atoms with Gasteiger partial charge in [-0.1, -0.05) is 20.8 Å². The highest BCUT2D eigenvalue weighted by atomic mass is 32.2. The molecule has 5 nitrogen and oxygen atoms in total. The minimum absolute atomic E-state index is 0.0774. The van der Waals surface area contributed by atoms with Crippen molar-refractivity contribution in [3.05, 3.63) is 24.3 Å². The molecule has 22 heavy (non-hydrogen) atoms. The molecule has 6 heteroatoms. The molecule has 0 radical (unpaired) electrons. The van der Waals surface area contributed by atoms with Gasteiger partial charge in [-0.2, -0.15) is 0 Å². The number of anilines is 2. The summed E-state index contributed by atoms with van der Waals surface area (Å²) in [5.74, 6) is 0.213. The second kappa shape index (κ2) is 7.13. The molecule has 0 aliphatic carbocycles. The lowest BCUT2D eigenvalue weighted by molar-refractivity contribution is -0.115. The number of amides is 1. The SMILES string of the molecule is CCC(=O)Nc1ccc(NS(=O)(=O)C(C)(C)CC(C)C)cc1. The zero-order chi connectivity index (χ0) is 17.0. The third kappa shape index (κ3) is 5.02. The molecule has 0 aliphatic heterocycles. The number of hydrogen-bond acceptors (Lipinski definition) is 3. The van der Waals surface area contributed by atoms with Crippen molar-refractivity contribution < 1.29 is 13.2 Å². The summed E-state index contributed by atoms with van der Waals surface area (Å²) in [5, 5.41) is 2.72. The second-order valence-electron chi connectivity index (χ2n) is 6.44. The standard InChI is InChI=1S/C16H26N2O3S/c1-6-15(19)17-13-7-9-14(10-8-13)18-22(20,21)16(4,5)11-12(2)3/h7-10,12,18H,6,11H2,1-5H3,(H,17,19). The summed E-state index contributed by atoms with van der Waals surface area (Å²) in [6.07, 6.45) is 0.977. The quantitative estimate of drug-likeness (QED) is 0.804. The van der Waals surface area contributed by atoms with Crippen molar-refractivity contribution in [2.75, 3.05) is 10.0 Å². The Kier molecular flexibility index (Phi) is 6.00. The van der Waals surface area contributed by atoms with Crippen LogP contribution >= 0.6 is 0 Å². The predicted octanol–water partition coefficient (Wildman–Crippen LogP) is 3.60. The summed E-state index contributed by atoms with van der Waals surface area (Å²) in [6, 6.07) is 6.66. The van der Waals surface area contributed by atoms with Crippen LogP contribution in [-0.4, -0.2) is 19.1 Å². The van der Waals surface area contributed by atoms with Crippen molar-refractivity contribution in [3.8, 4) is 0 Å². The Bertz CT molecular complexity index is 605. The van der Waals surface area contributed by atoms with E-state index in [1.807, 2.05) is 13.8 Å². The molecule has 0 unspecified atom stereocenters. The Morgan fingerprint density at radius 2 is 1.64 bits per heavy atom. The molecule has 0 atom stereocenters. The highest BCUT2D eigenvalue weighted by Crippen LogP contribution is 2.27. The van der Waals surface area contributed by atoms with E-state index in [1.54, 1.807) is 45.0 Å². The zero-order valence-electron chi connectivity index (χ0n) is 13.9. The van der Waals surface area contributed by atoms with Gasteiger partial charge in [-0.3, -0.25) is 9.52 Å². The number of sulfonamides is 1. The molecule has 0 bridgehead atoms. The summed E-state index contributed by atoms with van der Waals surface area (Å²) >= 11 is 0. The molecule has 0 fully saturated rings. The van der Waals surface area contributed by atoms with Crippen molar-refractivity contribution in [1.82, 2.24) is 0 Å². The van der Waals surface area contributed by atoms with Gasteiger partial charge >= 0.3 is 0 Å². The minimum atomic E-state index is -3.49. The summed E-state index contributed by atoms with van der Waals surface area (Å²) in [6.45, 7) is 9.23. The van der Waals surface area contributed by atoms with Gasteiger partial charge in [0.1, 0.15) is 0 Å². The van der Waals surface area contributed by atoms with E-state index in [1.165, 1.54) is 0 Å². The first-order valence-electron chi connectivity index (χ1n) is 7.49. The third-order valence-corrected chi connectivity index (χ3v) is 5.50. The van der Waals surface area contributed by atoms with Crippen molar-refractivity contribution in [2.24, 2.45) is 5.92 Å². The first-order valence-corrected chi connectivity index (χ1v) is 8.98. The molecule has 2 N–H and O–H groups in total. The molecule has 1 amide bonds. The Hall–Kier alpha value is -1.56. The molecular formula is C16H26N2O3S. The van der Waals surface area contributed by atoms with Crippen LogP contribution in [0.25, 0.3) is 0 Å². The average Bonchev–Trinajstić information content (AvgIpc) is 2.39. The summed E-state index contributed by atoms with van der Waals surface area (Å²) < 4.78 is 26.7. The fraction of sp³-hybridized carbons (Fsp3) is 0.562. The van der Waals surface area contributed by atoms with Crippen LogP contribution in [0.5, 0.6) is 0 Å². The highest BCUT2D eigenvalue weighted by Gasteiger charge is 2.34. The van der Waals surface area contributed by atoms with Gasteiger partial charge in [0.15, 0.2) is 0 Å². The smallest absolute Gasteiger partial charge is 0.237 e. The molecular weight excluding hydrogens is 300 g/mol. The molecule has 0 aliphatic rings. The van der Waals surface area contributed by atoms with Gasteiger partial charge in [-0.25, -0.2) is 8.42 Å². The van der Waals surface area contributed by atoms with Crippen LogP contribution in [0, 0.1) is 5.92 Å². The molecule has 1 rings (SSSR count). The largest absolute Gasteiger partial charge is 0.326 e. The fourth-order valence-corrected chi connectivity index (χ4v) is 3.53. The molecule has 124 valence electrons. The number of hydrogen-bond donors (Lipinski definition) is 2. The maximum atomic E-state index is 12.5. The van der Waals surface area contributed by atoms with Gasteiger partial charge in [0, 0.05) is 17.8 Å². The van der Waals surface area contributed by atoms with Crippen LogP contribution in [0.4, 0.5) is 11.4 Å². The van der Waals surface area contributed by atoms with E-state index in [2.05, 4.69) is 10.0 Å². The lowest BCUT2D eigenvalue weighted by Crippen LogP contribution is -2.38. The minimum Gasteiger partial charge on any atom is -0.326 e. The Morgan fingerprint density at radius 1 is 1.14 bits per heavy atom. The molecule has 0 saturated carbocycles. The Balaban J connectivity index is 2.84. The second-order valence-corrected chi connectivity index (χ2v) is 8.76. The zero-order valence-corrected chi connectivity index (χ0v) is 14.8. The normalized spacial score (nSPS) is 12.3. The van der Waals surface area contributed by atoms with Gasteiger partial charge in [-0.15, -0.1) is 0 Å². The van der Waals surface area contributed by atoms with Gasteiger partial charge in [0.25, 0.3) is 0 Å². The van der Waals surface area contributed by atoms with Gasteiger partial charge in [0.2, 0.25) is 15.9 Å². The van der Waals surface area contributed by atoms with Crippen LogP contribution in [0.15, 0.2) is 24.3 Å². The lowest BCUT2D eigenvalue weighted by atomic mass is 10.0. The first kappa shape index (κ1) is 18.5. The number of benzene rings is 1. The van der Waals surface area contributed by atoms with E-state index in [0.29, 0.717) is 30.1 Å². The maximum absolute atomic E-state index is 12.5. The van der Waals surface area contributed by atoms with E-state index in [0.717, 1.165) is 0 Å². The van der Waals surface area contributed by atoms with Crippen LogP contribution in [0.3, 0.4) is 0 Å². The Morgan fingerprint density at radius 3 is 2.09 bits per heavy atom. The van der Waals surface area contributed by atoms with Gasteiger partial charge in [-0.05, 0) is 50.5 Å². The topological polar surface area (TPSA) is 75.3 Å². The van der Waals surface area contributed by atoms with Crippen molar-refractivity contribution in [2.45, 2.75) is 52.2 Å². The maximum Gasteiger partial charge on any atom is 0.237 e. The lowest BCUT2D eigenvalue weighted by Gasteiger charge is -2.27. The fourth-order valence-electron chi connectivity index (χ4n) is 2.26. The summed E-state index contributed by atoms with van der Waals surface area (Å²) in [7, 11) is -3.49. The van der Waals surface area contributed by atoms with E-state index in [9.17, 15) is 13.2 Å². The molecule has 0 heterocycles. The molecule has 1 aromatic rings. The van der Waals surface area contributed by atoms with Gasteiger partial charge < -0.3 is 5.32 Å². The van der Waals surface area contributed by atoms with Crippen LogP contribution in [-0.2, 0) is 14.8 Å². The highest BCUT2D eigenvalue weighted by molar-refractivity contribution is 7.94. The predicted molar refractivity (Wildman–Crippen MR) is 91.4 cm³/mol. The molecule has 0 saturated heterocycles. The van der Waals surface area contributed by atoms with Crippen molar-refractivity contribution in [1.29, 1.82) is 0 Å². The van der Waals surface area contributed by atoms with E-state index < -0.39 is 14.8 Å². The van der Waals surface area contributed by atoms with Crippen LogP contribution in [0.1, 0.15) is 47.5 Å². The number of carbonyl (C=O) groups excluding carboxylic acids is 1. The van der Waals surface area contributed by atoms with E-state index in [-0.39, 0.29) is 5.91 Å². The van der Waals surface area contributed by atoms with E-state index >= 15 is 0 Å². The molecule has 0 spiro atoms. The Labute approximate surface area is 133 Å². The van der Waals surface area contributed by atoms with Crippen molar-refractivity contribution >= 4 is 27.3 Å². The van der Waals surface area contributed by atoms with Crippen LogP contribution < -0.4 is 10.0 Å². The summed E-state index contributed by atoms with van der Waals surface area (Å²) in [5.41, 5.74) is 1.14. The average molecular weight is 326 g/mol. The molecule has 0 aromatic heterocycles. The third-order valence-electron chi connectivity index (χ3n) is 3.37. The first-order chi connectivity index (χ1) is 10.1. The monoisotopic (exact) mass is 326 g/mol. The van der Waals surface area contributed by atoms with Gasteiger partial charge in [0.05, 0.1) is 4.75 Å². The molecule has 1 aromatic carbocycles. The van der Waals surface area contributed by atoms with Crippen molar-refractivity contribution in [3.63, 3.8) is 0 Å².